The fourth-order valence-electron chi connectivity index (χ4n) is 4.23. The van der Waals surface area contributed by atoms with Gasteiger partial charge in [0.25, 0.3) is 5.91 Å². The van der Waals surface area contributed by atoms with Crippen molar-refractivity contribution in [3.63, 3.8) is 0 Å². The number of methoxy groups -OCH3 is 1. The zero-order valence-electron chi connectivity index (χ0n) is 21.4. The molecular formula is C31H27Cl2N3O3. The van der Waals surface area contributed by atoms with Crippen molar-refractivity contribution < 1.29 is 14.3 Å². The van der Waals surface area contributed by atoms with Crippen molar-refractivity contribution >= 4 is 46.1 Å². The molecule has 2 N–H and O–H groups in total. The molecule has 0 spiro atoms. The zero-order valence-corrected chi connectivity index (χ0v) is 22.9. The number of benzene rings is 3. The van der Waals surface area contributed by atoms with Crippen LogP contribution in [0.5, 0.6) is 11.5 Å². The highest BCUT2D eigenvalue weighted by Gasteiger charge is 2.15. The van der Waals surface area contributed by atoms with E-state index < -0.39 is 5.91 Å². The number of carbonyl (C=O) groups excluding carboxylic acids is 1. The van der Waals surface area contributed by atoms with Gasteiger partial charge in [0.1, 0.15) is 18.2 Å². The fourth-order valence-corrected chi connectivity index (χ4v) is 4.55. The van der Waals surface area contributed by atoms with E-state index in [0.29, 0.717) is 46.5 Å². The SMILES string of the molecule is C=CCc1cc(/C=C(/C#N)C(=O)NCCc2c[nH]c3ccccc23)cc(OC)c1OCc1ccc(Cl)c(Cl)c1. The second-order valence-electron chi connectivity index (χ2n) is 8.78. The van der Waals surface area contributed by atoms with Gasteiger partial charge in [0.05, 0.1) is 17.2 Å². The second-order valence-corrected chi connectivity index (χ2v) is 9.59. The summed E-state index contributed by atoms with van der Waals surface area (Å²) in [6, 6.07) is 18.9. The van der Waals surface area contributed by atoms with E-state index in [2.05, 4.69) is 16.9 Å². The van der Waals surface area contributed by atoms with E-state index in [1.54, 1.807) is 30.4 Å². The number of hydrogen-bond donors (Lipinski definition) is 2. The number of fused-ring (bicyclic) bond motifs is 1. The summed E-state index contributed by atoms with van der Waals surface area (Å²) in [4.78, 5) is 16.0. The number of hydrogen-bond acceptors (Lipinski definition) is 4. The van der Waals surface area contributed by atoms with Crippen LogP contribution < -0.4 is 14.8 Å². The molecule has 0 atom stereocenters. The normalized spacial score (nSPS) is 11.2. The Morgan fingerprint density at radius 1 is 1.13 bits per heavy atom. The zero-order chi connectivity index (χ0) is 27.8. The molecule has 198 valence electrons. The lowest BCUT2D eigenvalue weighted by molar-refractivity contribution is -0.117. The van der Waals surface area contributed by atoms with Gasteiger partial charge in [-0.3, -0.25) is 4.79 Å². The molecule has 0 unspecified atom stereocenters. The topological polar surface area (TPSA) is 87.1 Å². The van der Waals surface area contributed by atoms with Crippen molar-refractivity contribution in [2.75, 3.05) is 13.7 Å². The minimum atomic E-state index is -0.443. The fraction of sp³-hybridized carbons (Fsp3) is 0.161. The number of amides is 1. The number of aromatic nitrogens is 1. The molecule has 0 saturated heterocycles. The molecule has 4 aromatic rings. The van der Waals surface area contributed by atoms with Crippen LogP contribution >= 0.6 is 23.2 Å². The molecule has 1 amide bonds. The predicted molar refractivity (Wildman–Crippen MR) is 156 cm³/mol. The van der Waals surface area contributed by atoms with Gasteiger partial charge < -0.3 is 19.8 Å². The van der Waals surface area contributed by atoms with Crippen LogP contribution in [-0.4, -0.2) is 24.5 Å². The quantitative estimate of drug-likeness (QED) is 0.117. The third-order valence-corrected chi connectivity index (χ3v) is 6.88. The average Bonchev–Trinajstić information content (AvgIpc) is 3.35. The van der Waals surface area contributed by atoms with E-state index in [-0.39, 0.29) is 12.2 Å². The lowest BCUT2D eigenvalue weighted by Gasteiger charge is -2.16. The third-order valence-electron chi connectivity index (χ3n) is 6.14. The molecule has 6 nitrogen and oxygen atoms in total. The van der Waals surface area contributed by atoms with Gasteiger partial charge in [-0.1, -0.05) is 53.5 Å². The van der Waals surface area contributed by atoms with Gasteiger partial charge in [-0.2, -0.15) is 5.26 Å². The maximum atomic E-state index is 12.8. The van der Waals surface area contributed by atoms with Gasteiger partial charge in [0, 0.05) is 29.2 Å². The smallest absolute Gasteiger partial charge is 0.261 e. The standard InChI is InChI=1S/C31H27Cl2N3O3/c1-3-6-22-13-21(16-29(38-2)30(22)39-19-20-9-10-26(32)27(33)15-20)14-24(17-34)31(37)35-12-11-23-18-36-28-8-5-4-7-25(23)28/h3-5,7-10,13-16,18,36H,1,6,11-12,19H2,2H3,(H,35,37)/b24-14-. The summed E-state index contributed by atoms with van der Waals surface area (Å²) < 4.78 is 11.7. The Bertz CT molecular complexity index is 1580. The molecule has 0 saturated carbocycles. The molecule has 8 heteroatoms. The minimum Gasteiger partial charge on any atom is -0.493 e. The van der Waals surface area contributed by atoms with Gasteiger partial charge in [-0.05, 0) is 65.9 Å². The summed E-state index contributed by atoms with van der Waals surface area (Å²) in [5, 5.41) is 14.6. The molecule has 0 aliphatic heterocycles. The molecular weight excluding hydrogens is 533 g/mol. The summed E-state index contributed by atoms with van der Waals surface area (Å²) in [6.07, 6.45) is 6.36. The lowest BCUT2D eigenvalue weighted by Crippen LogP contribution is -2.26. The van der Waals surface area contributed by atoms with Gasteiger partial charge in [-0.25, -0.2) is 0 Å². The van der Waals surface area contributed by atoms with Crippen molar-refractivity contribution in [3.05, 3.63) is 111 Å². The summed E-state index contributed by atoms with van der Waals surface area (Å²) >= 11 is 12.1. The molecule has 0 bridgehead atoms. The third kappa shape index (κ3) is 6.83. The highest BCUT2D eigenvalue weighted by molar-refractivity contribution is 6.42. The summed E-state index contributed by atoms with van der Waals surface area (Å²) in [6.45, 7) is 4.48. The number of ether oxygens (including phenoxy) is 2. The number of rotatable bonds is 11. The van der Waals surface area contributed by atoms with E-state index in [4.69, 9.17) is 32.7 Å². The number of allylic oxidation sites excluding steroid dienone is 1. The highest BCUT2D eigenvalue weighted by Crippen LogP contribution is 2.35. The lowest BCUT2D eigenvalue weighted by atomic mass is 10.0. The van der Waals surface area contributed by atoms with Gasteiger partial charge in [-0.15, -0.1) is 6.58 Å². The first-order valence-electron chi connectivity index (χ1n) is 12.3. The van der Waals surface area contributed by atoms with Crippen LogP contribution in [0.2, 0.25) is 10.0 Å². The Labute approximate surface area is 237 Å². The first-order chi connectivity index (χ1) is 18.9. The Morgan fingerprint density at radius 3 is 2.69 bits per heavy atom. The minimum absolute atomic E-state index is 0.00925. The van der Waals surface area contributed by atoms with Gasteiger partial charge in [0.2, 0.25) is 0 Å². The highest BCUT2D eigenvalue weighted by atomic mass is 35.5. The maximum Gasteiger partial charge on any atom is 0.261 e. The Balaban J connectivity index is 1.50. The van der Waals surface area contributed by atoms with Crippen molar-refractivity contribution in [1.82, 2.24) is 10.3 Å². The van der Waals surface area contributed by atoms with E-state index in [1.807, 2.05) is 48.7 Å². The Morgan fingerprint density at radius 2 is 1.95 bits per heavy atom. The van der Waals surface area contributed by atoms with Crippen LogP contribution in [0.1, 0.15) is 22.3 Å². The number of H-pyrrole nitrogens is 1. The average molecular weight is 560 g/mol. The number of halogens is 2. The van der Waals surface area contributed by atoms with Crippen LogP contribution in [0.3, 0.4) is 0 Å². The largest absolute Gasteiger partial charge is 0.493 e. The molecule has 1 aromatic heterocycles. The predicted octanol–water partition coefficient (Wildman–Crippen LogP) is 7.06. The summed E-state index contributed by atoms with van der Waals surface area (Å²) in [7, 11) is 1.54. The molecule has 0 aliphatic carbocycles. The molecule has 0 fully saturated rings. The molecule has 0 radical (unpaired) electrons. The number of aromatic amines is 1. The number of nitriles is 1. The van der Waals surface area contributed by atoms with E-state index in [0.717, 1.165) is 27.6 Å². The molecule has 4 rings (SSSR count). The van der Waals surface area contributed by atoms with Crippen LogP contribution in [0.15, 0.2) is 79.0 Å². The Hall–Kier alpha value is -4.18. The second kappa shape index (κ2) is 13.1. The van der Waals surface area contributed by atoms with Gasteiger partial charge >= 0.3 is 0 Å². The van der Waals surface area contributed by atoms with Crippen LogP contribution in [-0.2, 0) is 24.2 Å². The van der Waals surface area contributed by atoms with Crippen molar-refractivity contribution in [3.8, 4) is 17.6 Å². The first kappa shape index (κ1) is 27.8. The van der Waals surface area contributed by atoms with E-state index in [1.165, 1.54) is 7.11 Å². The summed E-state index contributed by atoms with van der Waals surface area (Å²) in [5.41, 5.74) is 4.41. The molecule has 39 heavy (non-hydrogen) atoms. The van der Waals surface area contributed by atoms with Crippen LogP contribution in [0.4, 0.5) is 0 Å². The molecule has 0 aliphatic rings. The summed E-state index contributed by atoms with van der Waals surface area (Å²) in [5.74, 6) is 0.571. The van der Waals surface area contributed by atoms with Crippen molar-refractivity contribution in [1.29, 1.82) is 5.26 Å². The van der Waals surface area contributed by atoms with Crippen molar-refractivity contribution in [2.45, 2.75) is 19.4 Å². The number of para-hydroxylation sites is 1. The first-order valence-corrected chi connectivity index (χ1v) is 13.0. The number of nitrogens with zero attached hydrogens (tertiary/aromatic N) is 1. The number of nitrogens with one attached hydrogen (secondary N) is 2. The van der Waals surface area contributed by atoms with Crippen LogP contribution in [0, 0.1) is 11.3 Å². The number of carbonyl (C=O) groups is 1. The van der Waals surface area contributed by atoms with Crippen LogP contribution in [0.25, 0.3) is 17.0 Å². The molecule has 1 heterocycles. The van der Waals surface area contributed by atoms with E-state index >= 15 is 0 Å². The maximum absolute atomic E-state index is 12.8. The monoisotopic (exact) mass is 559 g/mol. The van der Waals surface area contributed by atoms with Crippen molar-refractivity contribution in [2.24, 2.45) is 0 Å². The van der Waals surface area contributed by atoms with Gasteiger partial charge in [0.15, 0.2) is 11.5 Å². The molecule has 3 aromatic carbocycles. The van der Waals surface area contributed by atoms with E-state index in [9.17, 15) is 10.1 Å². The Kier molecular flexibility index (Phi) is 9.32.